The molecule has 5 nitrogen and oxygen atoms in total. The molecule has 0 amide bonds. The normalized spacial score (nSPS) is 13.9. The van der Waals surface area contributed by atoms with Crippen LogP contribution in [-0.2, 0) is 0 Å². The second-order valence-electron chi connectivity index (χ2n) is 5.48. The minimum Gasteiger partial charge on any atom is -0.370 e. The Morgan fingerprint density at radius 3 is 2.91 bits per heavy atom. The highest BCUT2D eigenvalue weighted by atomic mass is 19.1. The molecular weight excluding hydrogens is 281 g/mol. The van der Waals surface area contributed by atoms with Crippen LogP contribution >= 0.6 is 0 Å². The third kappa shape index (κ3) is 3.71. The Morgan fingerprint density at radius 1 is 1.32 bits per heavy atom. The van der Waals surface area contributed by atoms with E-state index in [1.807, 2.05) is 6.20 Å². The summed E-state index contributed by atoms with van der Waals surface area (Å²) in [6.45, 7) is 1.43. The van der Waals surface area contributed by atoms with Gasteiger partial charge >= 0.3 is 0 Å². The second-order valence-corrected chi connectivity index (χ2v) is 5.48. The lowest BCUT2D eigenvalue weighted by molar-refractivity contribution is 0.628. The number of anilines is 3. The summed E-state index contributed by atoms with van der Waals surface area (Å²) in [6, 6.07) is 6.25. The van der Waals surface area contributed by atoms with E-state index >= 15 is 0 Å². The highest BCUT2D eigenvalue weighted by Gasteiger charge is 2.27. The molecule has 0 unspecified atom stereocenters. The van der Waals surface area contributed by atoms with Gasteiger partial charge in [0.25, 0.3) is 0 Å². The van der Waals surface area contributed by atoms with Gasteiger partial charge in [-0.15, -0.1) is 0 Å². The standard InChI is InChI=1S/C16H20FN5/c17-12-3-1-4-13(9-12)21-16-20-10-14(11-5-6-11)15(22-16)19-8-2-7-18/h1,3-4,9-11H,2,5-8,18H2,(H2,19,20,21,22). The monoisotopic (exact) mass is 301 g/mol. The molecule has 3 rings (SSSR count). The zero-order valence-electron chi connectivity index (χ0n) is 12.3. The topological polar surface area (TPSA) is 75.9 Å². The molecule has 1 aliphatic rings. The summed E-state index contributed by atoms with van der Waals surface area (Å²) in [5, 5.41) is 6.36. The number of hydrogen-bond acceptors (Lipinski definition) is 5. The van der Waals surface area contributed by atoms with E-state index in [1.54, 1.807) is 12.1 Å². The van der Waals surface area contributed by atoms with E-state index in [1.165, 1.54) is 25.0 Å². The predicted molar refractivity (Wildman–Crippen MR) is 85.9 cm³/mol. The van der Waals surface area contributed by atoms with E-state index in [0.29, 0.717) is 24.1 Å². The number of benzene rings is 1. The van der Waals surface area contributed by atoms with Crippen molar-refractivity contribution in [1.29, 1.82) is 0 Å². The van der Waals surface area contributed by atoms with Crippen molar-refractivity contribution in [2.24, 2.45) is 5.73 Å². The van der Waals surface area contributed by atoms with Crippen molar-refractivity contribution >= 4 is 17.5 Å². The van der Waals surface area contributed by atoms with Crippen LogP contribution < -0.4 is 16.4 Å². The number of hydrogen-bond donors (Lipinski definition) is 3. The van der Waals surface area contributed by atoms with Crippen molar-refractivity contribution in [3.63, 3.8) is 0 Å². The van der Waals surface area contributed by atoms with E-state index in [0.717, 1.165) is 24.3 Å². The number of nitrogens with zero attached hydrogens (tertiary/aromatic N) is 2. The van der Waals surface area contributed by atoms with Crippen LogP contribution in [0, 0.1) is 5.82 Å². The number of nitrogens with one attached hydrogen (secondary N) is 2. The molecule has 0 saturated heterocycles. The van der Waals surface area contributed by atoms with Gasteiger partial charge in [0.05, 0.1) is 0 Å². The summed E-state index contributed by atoms with van der Waals surface area (Å²) >= 11 is 0. The van der Waals surface area contributed by atoms with Crippen molar-refractivity contribution < 1.29 is 4.39 Å². The summed E-state index contributed by atoms with van der Waals surface area (Å²) in [4.78, 5) is 8.88. The third-order valence-corrected chi connectivity index (χ3v) is 3.59. The molecule has 1 fully saturated rings. The van der Waals surface area contributed by atoms with Gasteiger partial charge in [0, 0.05) is 24.0 Å². The van der Waals surface area contributed by atoms with Crippen LogP contribution in [0.3, 0.4) is 0 Å². The first-order valence-electron chi connectivity index (χ1n) is 7.60. The molecule has 1 aromatic carbocycles. The fraction of sp³-hybridized carbons (Fsp3) is 0.375. The molecule has 1 saturated carbocycles. The molecule has 0 aliphatic heterocycles. The molecule has 0 radical (unpaired) electrons. The van der Waals surface area contributed by atoms with Crippen molar-refractivity contribution in [3.05, 3.63) is 41.8 Å². The van der Waals surface area contributed by atoms with Crippen molar-refractivity contribution in [2.45, 2.75) is 25.2 Å². The largest absolute Gasteiger partial charge is 0.370 e. The number of nitrogens with two attached hydrogens (primary N) is 1. The van der Waals surface area contributed by atoms with E-state index < -0.39 is 0 Å². The summed E-state index contributed by atoms with van der Waals surface area (Å²) in [6.07, 6.45) is 5.12. The van der Waals surface area contributed by atoms with Gasteiger partial charge in [-0.1, -0.05) is 6.07 Å². The molecule has 4 N–H and O–H groups in total. The number of halogens is 1. The lowest BCUT2D eigenvalue weighted by atomic mass is 10.2. The maximum atomic E-state index is 13.2. The van der Waals surface area contributed by atoms with E-state index in [4.69, 9.17) is 5.73 Å². The van der Waals surface area contributed by atoms with E-state index in [2.05, 4.69) is 20.6 Å². The van der Waals surface area contributed by atoms with Crippen molar-refractivity contribution in [1.82, 2.24) is 9.97 Å². The first kappa shape index (κ1) is 14.7. The van der Waals surface area contributed by atoms with Crippen molar-refractivity contribution in [2.75, 3.05) is 23.7 Å². The van der Waals surface area contributed by atoms with E-state index in [9.17, 15) is 4.39 Å². The molecule has 22 heavy (non-hydrogen) atoms. The maximum absolute atomic E-state index is 13.2. The summed E-state index contributed by atoms with van der Waals surface area (Å²) in [5.74, 6) is 1.58. The molecule has 0 bridgehead atoms. The smallest absolute Gasteiger partial charge is 0.229 e. The number of rotatable bonds is 7. The highest BCUT2D eigenvalue weighted by molar-refractivity contribution is 5.57. The summed E-state index contributed by atoms with van der Waals surface area (Å²) in [5.41, 5.74) is 7.31. The van der Waals surface area contributed by atoms with Crippen LogP contribution in [0.4, 0.5) is 21.8 Å². The second kappa shape index (κ2) is 6.70. The van der Waals surface area contributed by atoms with Crippen molar-refractivity contribution in [3.8, 4) is 0 Å². The van der Waals surface area contributed by atoms with Gasteiger partial charge < -0.3 is 16.4 Å². The number of aromatic nitrogens is 2. The van der Waals surface area contributed by atoms with Gasteiger partial charge in [-0.3, -0.25) is 0 Å². The first-order chi connectivity index (χ1) is 10.8. The molecule has 0 atom stereocenters. The summed E-state index contributed by atoms with van der Waals surface area (Å²) < 4.78 is 13.2. The van der Waals surface area contributed by atoms with Gasteiger partial charge in [0.15, 0.2) is 0 Å². The molecule has 6 heteroatoms. The Balaban J connectivity index is 1.78. The van der Waals surface area contributed by atoms with Gasteiger partial charge in [-0.05, 0) is 49.9 Å². The van der Waals surface area contributed by atoms with Gasteiger partial charge in [-0.2, -0.15) is 4.98 Å². The molecule has 1 aromatic heterocycles. The molecule has 0 spiro atoms. The quantitative estimate of drug-likeness (QED) is 0.685. The Bertz CT molecular complexity index is 642. The Hall–Kier alpha value is -2.21. The lowest BCUT2D eigenvalue weighted by Crippen LogP contribution is -2.12. The van der Waals surface area contributed by atoms with Crippen LogP contribution in [-0.4, -0.2) is 23.1 Å². The fourth-order valence-electron chi connectivity index (χ4n) is 2.29. The van der Waals surface area contributed by atoms with Crippen LogP contribution in [0.5, 0.6) is 0 Å². The average molecular weight is 301 g/mol. The van der Waals surface area contributed by atoms with Crippen LogP contribution in [0.25, 0.3) is 0 Å². The third-order valence-electron chi connectivity index (χ3n) is 3.59. The van der Waals surface area contributed by atoms with Gasteiger partial charge in [0.2, 0.25) is 5.95 Å². The van der Waals surface area contributed by atoms with Crippen LogP contribution in [0.15, 0.2) is 30.5 Å². The Morgan fingerprint density at radius 2 is 2.18 bits per heavy atom. The van der Waals surface area contributed by atoms with Gasteiger partial charge in [0.1, 0.15) is 11.6 Å². The Labute approximate surface area is 129 Å². The highest BCUT2D eigenvalue weighted by Crippen LogP contribution is 2.42. The zero-order chi connectivity index (χ0) is 15.4. The maximum Gasteiger partial charge on any atom is 0.229 e. The van der Waals surface area contributed by atoms with Crippen LogP contribution in [0.2, 0.25) is 0 Å². The fourth-order valence-corrected chi connectivity index (χ4v) is 2.29. The SMILES string of the molecule is NCCCNc1nc(Nc2cccc(F)c2)ncc1C1CC1. The van der Waals surface area contributed by atoms with Gasteiger partial charge in [-0.25, -0.2) is 9.37 Å². The molecular formula is C16H20FN5. The van der Waals surface area contributed by atoms with Crippen LogP contribution in [0.1, 0.15) is 30.7 Å². The summed E-state index contributed by atoms with van der Waals surface area (Å²) in [7, 11) is 0. The average Bonchev–Trinajstić information content (AvgIpc) is 3.32. The molecule has 1 heterocycles. The minimum atomic E-state index is -0.291. The molecule has 2 aromatic rings. The predicted octanol–water partition coefficient (Wildman–Crippen LogP) is 3.00. The first-order valence-corrected chi connectivity index (χ1v) is 7.60. The zero-order valence-corrected chi connectivity index (χ0v) is 12.3. The Kier molecular flexibility index (Phi) is 4.48. The lowest BCUT2D eigenvalue weighted by Gasteiger charge is -2.12. The molecule has 116 valence electrons. The minimum absolute atomic E-state index is 0.291. The molecule has 1 aliphatic carbocycles. The van der Waals surface area contributed by atoms with E-state index in [-0.39, 0.29) is 5.82 Å².